The number of aliphatic hydroxyl groups is 1. The zero-order valence-corrected chi connectivity index (χ0v) is 5.13. The molecular weight excluding hydrogens is 104 g/mol. The Balaban J connectivity index is 2.30. The molecule has 1 heterocycles. The van der Waals surface area contributed by atoms with Crippen molar-refractivity contribution in [3.8, 4) is 0 Å². The van der Waals surface area contributed by atoms with Gasteiger partial charge in [-0.25, -0.2) is 0 Å². The molecule has 0 amide bonds. The average molecular weight is 116 g/mol. The lowest BCUT2D eigenvalue weighted by Gasteiger charge is -2.08. The van der Waals surface area contributed by atoms with Crippen molar-refractivity contribution >= 4 is 0 Å². The van der Waals surface area contributed by atoms with Crippen molar-refractivity contribution in [3.63, 3.8) is 0 Å². The number of aliphatic hydroxyl groups excluding tert-OH is 1. The first-order valence-corrected chi connectivity index (χ1v) is 3.14. The summed E-state index contributed by atoms with van der Waals surface area (Å²) in [5.74, 6) is 0. The molecule has 2 atom stereocenters. The molecular formula is C6H12O2. The van der Waals surface area contributed by atoms with Crippen molar-refractivity contribution in [3.05, 3.63) is 0 Å². The molecule has 2 nitrogen and oxygen atoms in total. The van der Waals surface area contributed by atoms with Crippen molar-refractivity contribution in [1.82, 2.24) is 0 Å². The topological polar surface area (TPSA) is 29.5 Å². The van der Waals surface area contributed by atoms with Gasteiger partial charge in [0.05, 0.1) is 12.2 Å². The second kappa shape index (κ2) is 2.46. The van der Waals surface area contributed by atoms with Gasteiger partial charge in [0.2, 0.25) is 0 Å². The fourth-order valence-electron chi connectivity index (χ4n) is 1.03. The van der Waals surface area contributed by atoms with Crippen molar-refractivity contribution in [2.45, 2.75) is 32.0 Å². The maximum Gasteiger partial charge on any atom is 0.0832 e. The molecule has 0 aromatic heterocycles. The molecule has 1 aliphatic rings. The second-order valence-corrected chi connectivity index (χ2v) is 2.17. The largest absolute Gasteiger partial charge is 0.390 e. The van der Waals surface area contributed by atoms with E-state index in [1.807, 2.05) is 6.92 Å². The van der Waals surface area contributed by atoms with Crippen molar-refractivity contribution in [2.75, 3.05) is 6.61 Å². The predicted octanol–water partition coefficient (Wildman–Crippen LogP) is 0.546. The van der Waals surface area contributed by atoms with E-state index in [2.05, 4.69) is 0 Å². The third-order valence-electron chi connectivity index (χ3n) is 1.58. The molecule has 1 N–H and O–H groups in total. The number of hydrogen-bond donors (Lipinski definition) is 1. The third-order valence-corrected chi connectivity index (χ3v) is 1.58. The number of hydrogen-bond acceptors (Lipinski definition) is 2. The Labute approximate surface area is 49.5 Å². The first-order chi connectivity index (χ1) is 3.84. The Morgan fingerprint density at radius 1 is 1.75 bits per heavy atom. The molecule has 0 radical (unpaired) electrons. The first kappa shape index (κ1) is 6.05. The molecule has 0 spiro atoms. The summed E-state index contributed by atoms with van der Waals surface area (Å²) >= 11 is 0. The van der Waals surface area contributed by atoms with Crippen LogP contribution in [0.5, 0.6) is 0 Å². The summed E-state index contributed by atoms with van der Waals surface area (Å²) in [6.45, 7) is 2.76. The van der Waals surface area contributed by atoms with Crippen LogP contribution < -0.4 is 0 Å². The van der Waals surface area contributed by atoms with Gasteiger partial charge in [0, 0.05) is 6.61 Å². The van der Waals surface area contributed by atoms with E-state index in [1.165, 1.54) is 0 Å². The molecule has 8 heavy (non-hydrogen) atoms. The lowest BCUT2D eigenvalue weighted by Crippen LogP contribution is -2.18. The van der Waals surface area contributed by atoms with Crippen LogP contribution in [0.3, 0.4) is 0 Å². The van der Waals surface area contributed by atoms with E-state index in [0.717, 1.165) is 19.4 Å². The molecule has 1 saturated heterocycles. The van der Waals surface area contributed by atoms with E-state index >= 15 is 0 Å². The van der Waals surface area contributed by atoms with Crippen LogP contribution in [0.25, 0.3) is 0 Å². The summed E-state index contributed by atoms with van der Waals surface area (Å²) in [4.78, 5) is 0. The van der Waals surface area contributed by atoms with E-state index in [-0.39, 0.29) is 12.2 Å². The molecule has 0 aliphatic carbocycles. The SMILES string of the molecule is CCC1OCCC1O. The molecule has 1 rings (SSSR count). The zero-order valence-electron chi connectivity index (χ0n) is 5.13. The van der Waals surface area contributed by atoms with Gasteiger partial charge in [-0.05, 0) is 12.8 Å². The summed E-state index contributed by atoms with van der Waals surface area (Å²) in [7, 11) is 0. The van der Waals surface area contributed by atoms with Crippen LogP contribution in [-0.4, -0.2) is 23.9 Å². The van der Waals surface area contributed by atoms with Gasteiger partial charge in [0.1, 0.15) is 0 Å². The highest BCUT2D eigenvalue weighted by Crippen LogP contribution is 2.15. The standard InChI is InChI=1S/C6H12O2/c1-2-6-5(7)3-4-8-6/h5-7H,2-4H2,1H3. The van der Waals surface area contributed by atoms with Crippen molar-refractivity contribution in [1.29, 1.82) is 0 Å². The summed E-state index contributed by atoms with van der Waals surface area (Å²) in [5, 5.41) is 9.06. The highest BCUT2D eigenvalue weighted by Gasteiger charge is 2.23. The normalized spacial score (nSPS) is 38.2. The van der Waals surface area contributed by atoms with Crippen molar-refractivity contribution in [2.24, 2.45) is 0 Å². The van der Waals surface area contributed by atoms with Crippen LogP contribution >= 0.6 is 0 Å². The summed E-state index contributed by atoms with van der Waals surface area (Å²) in [6.07, 6.45) is 1.68. The zero-order chi connectivity index (χ0) is 5.98. The van der Waals surface area contributed by atoms with Gasteiger partial charge in [0.15, 0.2) is 0 Å². The van der Waals surface area contributed by atoms with Gasteiger partial charge in [-0.1, -0.05) is 6.92 Å². The van der Waals surface area contributed by atoms with Crippen LogP contribution in [-0.2, 0) is 4.74 Å². The Bertz CT molecular complexity index is 72.9. The summed E-state index contributed by atoms with van der Waals surface area (Å²) in [5.41, 5.74) is 0. The smallest absolute Gasteiger partial charge is 0.0832 e. The van der Waals surface area contributed by atoms with Crippen LogP contribution in [0.4, 0.5) is 0 Å². The minimum absolute atomic E-state index is 0.120. The van der Waals surface area contributed by atoms with Gasteiger partial charge in [0.25, 0.3) is 0 Å². The van der Waals surface area contributed by atoms with Gasteiger partial charge >= 0.3 is 0 Å². The van der Waals surface area contributed by atoms with Crippen LogP contribution in [0.1, 0.15) is 19.8 Å². The maximum atomic E-state index is 9.06. The Morgan fingerprint density at radius 2 is 2.50 bits per heavy atom. The Hall–Kier alpha value is -0.0800. The predicted molar refractivity (Wildman–Crippen MR) is 30.7 cm³/mol. The third kappa shape index (κ3) is 1.01. The molecule has 48 valence electrons. The fourth-order valence-corrected chi connectivity index (χ4v) is 1.03. The molecule has 1 fully saturated rings. The number of rotatable bonds is 1. The van der Waals surface area contributed by atoms with Gasteiger partial charge in [-0.3, -0.25) is 0 Å². The van der Waals surface area contributed by atoms with E-state index < -0.39 is 0 Å². The minimum atomic E-state index is -0.194. The van der Waals surface area contributed by atoms with E-state index in [9.17, 15) is 0 Å². The lowest BCUT2D eigenvalue weighted by molar-refractivity contribution is 0.0402. The summed E-state index contributed by atoms with van der Waals surface area (Å²) < 4.78 is 5.16. The van der Waals surface area contributed by atoms with Crippen molar-refractivity contribution < 1.29 is 9.84 Å². The molecule has 2 unspecified atom stereocenters. The highest BCUT2D eigenvalue weighted by atomic mass is 16.5. The lowest BCUT2D eigenvalue weighted by atomic mass is 10.1. The summed E-state index contributed by atoms with van der Waals surface area (Å²) in [6, 6.07) is 0. The molecule has 0 aromatic carbocycles. The first-order valence-electron chi connectivity index (χ1n) is 3.14. The molecule has 2 heteroatoms. The van der Waals surface area contributed by atoms with E-state index in [0.29, 0.717) is 0 Å². The maximum absolute atomic E-state index is 9.06. The van der Waals surface area contributed by atoms with Crippen LogP contribution in [0.2, 0.25) is 0 Å². The molecule has 0 saturated carbocycles. The van der Waals surface area contributed by atoms with Gasteiger partial charge < -0.3 is 9.84 Å². The average Bonchev–Trinajstić information content (AvgIpc) is 2.14. The second-order valence-electron chi connectivity index (χ2n) is 2.17. The molecule has 0 bridgehead atoms. The minimum Gasteiger partial charge on any atom is -0.390 e. The van der Waals surface area contributed by atoms with Gasteiger partial charge in [-0.15, -0.1) is 0 Å². The molecule has 1 aliphatic heterocycles. The Kier molecular flexibility index (Phi) is 1.86. The Morgan fingerprint density at radius 3 is 2.75 bits per heavy atom. The monoisotopic (exact) mass is 116 g/mol. The highest BCUT2D eigenvalue weighted by molar-refractivity contribution is 4.72. The number of ether oxygens (including phenoxy) is 1. The van der Waals surface area contributed by atoms with Gasteiger partial charge in [-0.2, -0.15) is 0 Å². The van der Waals surface area contributed by atoms with E-state index in [4.69, 9.17) is 9.84 Å². The van der Waals surface area contributed by atoms with E-state index in [1.54, 1.807) is 0 Å². The fraction of sp³-hybridized carbons (Fsp3) is 1.00. The molecule has 0 aromatic rings. The quantitative estimate of drug-likeness (QED) is 0.542. The van der Waals surface area contributed by atoms with Crippen LogP contribution in [0.15, 0.2) is 0 Å². The van der Waals surface area contributed by atoms with Crippen LogP contribution in [0, 0.1) is 0 Å².